The van der Waals surface area contributed by atoms with Gasteiger partial charge in [-0.1, -0.05) is 0 Å². The first-order chi connectivity index (χ1) is 6.57. The van der Waals surface area contributed by atoms with E-state index in [-0.39, 0.29) is 12.4 Å². The van der Waals surface area contributed by atoms with Crippen LogP contribution in [0.4, 0.5) is 8.78 Å². The number of rotatable bonds is 3. The number of carbonyl (C=O) groups is 1. The van der Waals surface area contributed by atoms with Gasteiger partial charge >= 0.3 is 5.97 Å². The first-order valence-electron chi connectivity index (χ1n) is 3.92. The molecule has 5 heteroatoms. The molecule has 3 nitrogen and oxygen atoms in total. The van der Waals surface area contributed by atoms with Crippen molar-refractivity contribution in [2.75, 3.05) is 6.61 Å². The zero-order valence-corrected chi connectivity index (χ0v) is 7.38. The van der Waals surface area contributed by atoms with Crippen LogP contribution in [0.1, 0.15) is 17.3 Å². The van der Waals surface area contributed by atoms with Gasteiger partial charge in [-0.25, -0.2) is 13.6 Å². The minimum atomic E-state index is -1.65. The maximum Gasteiger partial charge on any atom is 0.341 e. The molecule has 0 radical (unpaired) electrons. The monoisotopic (exact) mass is 202 g/mol. The second kappa shape index (κ2) is 4.04. The first-order valence-corrected chi connectivity index (χ1v) is 3.92. The van der Waals surface area contributed by atoms with Crippen molar-refractivity contribution in [2.24, 2.45) is 0 Å². The molecule has 0 unspecified atom stereocenters. The largest absolute Gasteiger partial charge is 0.491 e. The lowest BCUT2D eigenvalue weighted by atomic mass is 10.2. The van der Waals surface area contributed by atoms with Crippen LogP contribution in [-0.2, 0) is 0 Å². The lowest BCUT2D eigenvalue weighted by Gasteiger charge is -2.06. The number of hydrogen-bond acceptors (Lipinski definition) is 2. The Morgan fingerprint density at radius 1 is 1.50 bits per heavy atom. The van der Waals surface area contributed by atoms with Gasteiger partial charge in [0.1, 0.15) is 11.4 Å². The van der Waals surface area contributed by atoms with Crippen LogP contribution >= 0.6 is 0 Å². The second-order valence-electron chi connectivity index (χ2n) is 2.47. The van der Waals surface area contributed by atoms with E-state index in [9.17, 15) is 13.6 Å². The molecule has 1 rings (SSSR count). The molecule has 0 bridgehead atoms. The highest BCUT2D eigenvalue weighted by Crippen LogP contribution is 2.23. The smallest absolute Gasteiger partial charge is 0.341 e. The normalized spacial score (nSPS) is 9.93. The number of aromatic carboxylic acids is 1. The van der Waals surface area contributed by atoms with Crippen LogP contribution in [0.3, 0.4) is 0 Å². The number of carboxylic acid groups (broad SMARTS) is 1. The Morgan fingerprint density at radius 2 is 2.14 bits per heavy atom. The van der Waals surface area contributed by atoms with Gasteiger partial charge in [0.15, 0.2) is 11.6 Å². The predicted molar refractivity (Wildman–Crippen MR) is 44.5 cm³/mol. The first kappa shape index (κ1) is 10.4. The maximum absolute atomic E-state index is 13.2. The van der Waals surface area contributed by atoms with Crippen molar-refractivity contribution in [3.8, 4) is 5.75 Å². The lowest BCUT2D eigenvalue weighted by Crippen LogP contribution is -2.07. The highest BCUT2D eigenvalue weighted by molar-refractivity contribution is 5.88. The summed E-state index contributed by atoms with van der Waals surface area (Å²) in [6.07, 6.45) is 0. The Balaban J connectivity index is 3.26. The summed E-state index contributed by atoms with van der Waals surface area (Å²) in [6, 6.07) is 1.91. The number of ether oxygens (including phenoxy) is 1. The molecule has 1 aromatic rings. The zero-order chi connectivity index (χ0) is 10.7. The van der Waals surface area contributed by atoms with Gasteiger partial charge in [0.2, 0.25) is 0 Å². The van der Waals surface area contributed by atoms with Crippen LogP contribution in [-0.4, -0.2) is 17.7 Å². The molecule has 0 saturated carbocycles. The molecular formula is C9H8F2O3. The van der Waals surface area contributed by atoms with Crippen LogP contribution in [0.5, 0.6) is 5.75 Å². The standard InChI is InChI=1S/C9H8F2O3/c1-2-14-6-4-3-5(10)7(8(6)11)9(12)13/h3-4H,2H2,1H3,(H,12,13). The summed E-state index contributed by atoms with van der Waals surface area (Å²) >= 11 is 0. The summed E-state index contributed by atoms with van der Waals surface area (Å²) < 4.78 is 30.8. The van der Waals surface area contributed by atoms with Crippen molar-refractivity contribution in [1.29, 1.82) is 0 Å². The highest BCUT2D eigenvalue weighted by Gasteiger charge is 2.20. The fourth-order valence-electron chi connectivity index (χ4n) is 0.996. The molecule has 1 N–H and O–H groups in total. The Morgan fingerprint density at radius 3 is 2.64 bits per heavy atom. The molecule has 0 atom stereocenters. The molecule has 0 heterocycles. The van der Waals surface area contributed by atoms with Crippen LogP contribution < -0.4 is 4.74 Å². The molecule has 0 saturated heterocycles. The summed E-state index contributed by atoms with van der Waals surface area (Å²) in [4.78, 5) is 10.5. The number of halogens is 2. The SMILES string of the molecule is CCOc1ccc(F)c(C(=O)O)c1F. The zero-order valence-electron chi connectivity index (χ0n) is 7.38. The van der Waals surface area contributed by atoms with E-state index in [1.807, 2.05) is 0 Å². The Kier molecular flexibility index (Phi) is 3.01. The summed E-state index contributed by atoms with van der Waals surface area (Å²) in [5, 5.41) is 8.50. The van der Waals surface area contributed by atoms with Gasteiger partial charge in [-0.15, -0.1) is 0 Å². The molecule has 76 valence electrons. The molecule has 0 aliphatic carbocycles. The van der Waals surface area contributed by atoms with E-state index in [1.54, 1.807) is 6.92 Å². The number of benzene rings is 1. The Bertz CT molecular complexity index is 363. The Labute approximate surface area is 78.9 Å². The van der Waals surface area contributed by atoms with Crippen LogP contribution in [0, 0.1) is 11.6 Å². The van der Waals surface area contributed by atoms with E-state index in [2.05, 4.69) is 0 Å². The topological polar surface area (TPSA) is 46.5 Å². The summed E-state index contributed by atoms with van der Waals surface area (Å²) in [6.45, 7) is 1.80. The van der Waals surface area contributed by atoms with Crippen molar-refractivity contribution in [3.63, 3.8) is 0 Å². The summed E-state index contributed by atoms with van der Waals surface area (Å²) in [5.41, 5.74) is -0.990. The van der Waals surface area contributed by atoms with Crippen molar-refractivity contribution in [2.45, 2.75) is 6.92 Å². The molecule has 0 fully saturated rings. The van der Waals surface area contributed by atoms with E-state index in [1.165, 1.54) is 0 Å². The fourth-order valence-corrected chi connectivity index (χ4v) is 0.996. The number of hydrogen-bond donors (Lipinski definition) is 1. The molecule has 14 heavy (non-hydrogen) atoms. The second-order valence-corrected chi connectivity index (χ2v) is 2.47. The molecule has 0 aliphatic heterocycles. The van der Waals surface area contributed by atoms with Crippen LogP contribution in [0.25, 0.3) is 0 Å². The van der Waals surface area contributed by atoms with Crippen molar-refractivity contribution in [1.82, 2.24) is 0 Å². The average Bonchev–Trinajstić information content (AvgIpc) is 2.10. The van der Waals surface area contributed by atoms with E-state index in [0.29, 0.717) is 0 Å². The van der Waals surface area contributed by atoms with E-state index in [0.717, 1.165) is 12.1 Å². The molecule has 0 aliphatic rings. The van der Waals surface area contributed by atoms with Crippen LogP contribution in [0.2, 0.25) is 0 Å². The molecule has 0 aromatic heterocycles. The maximum atomic E-state index is 13.2. The van der Waals surface area contributed by atoms with Crippen LogP contribution in [0.15, 0.2) is 12.1 Å². The van der Waals surface area contributed by atoms with E-state index in [4.69, 9.17) is 9.84 Å². The molecule has 0 amide bonds. The van der Waals surface area contributed by atoms with Gasteiger partial charge in [-0.3, -0.25) is 0 Å². The molecule has 1 aromatic carbocycles. The van der Waals surface area contributed by atoms with Gasteiger partial charge < -0.3 is 9.84 Å². The van der Waals surface area contributed by atoms with Gasteiger partial charge in [0.25, 0.3) is 0 Å². The third-order valence-electron chi connectivity index (χ3n) is 1.57. The molecule has 0 spiro atoms. The predicted octanol–water partition coefficient (Wildman–Crippen LogP) is 2.06. The van der Waals surface area contributed by atoms with Gasteiger partial charge in [-0.05, 0) is 19.1 Å². The minimum absolute atomic E-state index is 0.182. The summed E-state index contributed by atoms with van der Waals surface area (Å²) in [5.74, 6) is -4.20. The minimum Gasteiger partial charge on any atom is -0.491 e. The van der Waals surface area contributed by atoms with Gasteiger partial charge in [-0.2, -0.15) is 0 Å². The van der Waals surface area contributed by atoms with Crippen molar-refractivity contribution >= 4 is 5.97 Å². The Hall–Kier alpha value is -1.65. The summed E-state index contributed by atoms with van der Waals surface area (Å²) in [7, 11) is 0. The van der Waals surface area contributed by atoms with E-state index >= 15 is 0 Å². The average molecular weight is 202 g/mol. The quantitative estimate of drug-likeness (QED) is 0.815. The fraction of sp³-hybridized carbons (Fsp3) is 0.222. The third kappa shape index (κ3) is 1.81. The van der Waals surface area contributed by atoms with Gasteiger partial charge in [0, 0.05) is 0 Å². The highest BCUT2D eigenvalue weighted by atomic mass is 19.1. The van der Waals surface area contributed by atoms with E-state index < -0.39 is 23.2 Å². The molecular weight excluding hydrogens is 194 g/mol. The van der Waals surface area contributed by atoms with Crippen molar-refractivity contribution < 1.29 is 23.4 Å². The number of carboxylic acids is 1. The third-order valence-corrected chi connectivity index (χ3v) is 1.57. The van der Waals surface area contributed by atoms with Crippen molar-refractivity contribution in [3.05, 3.63) is 29.3 Å². The lowest BCUT2D eigenvalue weighted by molar-refractivity contribution is 0.0685. The van der Waals surface area contributed by atoms with Gasteiger partial charge in [0.05, 0.1) is 6.61 Å².